The molecule has 0 saturated heterocycles. The summed E-state index contributed by atoms with van der Waals surface area (Å²) in [5.74, 6) is -0.878. The lowest BCUT2D eigenvalue weighted by Crippen LogP contribution is -2.36. The van der Waals surface area contributed by atoms with Crippen LogP contribution >= 0.6 is 0 Å². The van der Waals surface area contributed by atoms with Gasteiger partial charge in [0.05, 0.1) is 11.3 Å². The minimum Gasteiger partial charge on any atom is -0.380 e. The predicted molar refractivity (Wildman–Crippen MR) is 73.3 cm³/mol. The van der Waals surface area contributed by atoms with E-state index in [-0.39, 0.29) is 11.6 Å². The molecule has 1 fully saturated rings. The number of hydrogen-bond acceptors (Lipinski definition) is 3. The third kappa shape index (κ3) is 3.04. The fraction of sp³-hybridized carbons (Fsp3) is 0.500. The molecule has 1 aliphatic rings. The van der Waals surface area contributed by atoms with Crippen LogP contribution < -0.4 is 16.8 Å². The smallest absolute Gasteiger partial charge is 0.253 e. The average molecular weight is 265 g/mol. The molecule has 1 atom stereocenters. The van der Waals surface area contributed by atoms with Gasteiger partial charge in [-0.1, -0.05) is 18.9 Å². The van der Waals surface area contributed by atoms with Crippen LogP contribution in [0, 0.1) is 11.7 Å². The Morgan fingerprint density at radius 1 is 1.42 bits per heavy atom. The summed E-state index contributed by atoms with van der Waals surface area (Å²) in [4.78, 5) is 11.3. The van der Waals surface area contributed by atoms with E-state index in [1.165, 1.54) is 18.9 Å². The number of anilines is 1. The van der Waals surface area contributed by atoms with Gasteiger partial charge in [-0.05, 0) is 30.9 Å². The van der Waals surface area contributed by atoms with E-state index >= 15 is 0 Å². The molecular formula is C14H20FN3O. The Morgan fingerprint density at radius 3 is 2.68 bits per heavy atom. The molecule has 2 rings (SSSR count). The van der Waals surface area contributed by atoms with Gasteiger partial charge >= 0.3 is 0 Å². The molecule has 1 aliphatic carbocycles. The van der Waals surface area contributed by atoms with Crippen molar-refractivity contribution in [1.82, 2.24) is 0 Å². The second-order valence-corrected chi connectivity index (χ2v) is 5.06. The Morgan fingerprint density at radius 2 is 2.11 bits per heavy atom. The van der Waals surface area contributed by atoms with Gasteiger partial charge < -0.3 is 16.8 Å². The molecule has 1 saturated carbocycles. The molecule has 0 heterocycles. The van der Waals surface area contributed by atoms with E-state index in [0.29, 0.717) is 18.2 Å². The Balaban J connectivity index is 2.21. The monoisotopic (exact) mass is 265 g/mol. The summed E-state index contributed by atoms with van der Waals surface area (Å²) in [5, 5.41) is 3.20. The van der Waals surface area contributed by atoms with Gasteiger partial charge in [0.2, 0.25) is 0 Å². The number of hydrogen-bond donors (Lipinski definition) is 3. The van der Waals surface area contributed by atoms with Crippen molar-refractivity contribution in [2.24, 2.45) is 17.4 Å². The second kappa shape index (κ2) is 6.02. The molecule has 0 spiro atoms. The zero-order valence-electron chi connectivity index (χ0n) is 10.9. The minimum atomic E-state index is -0.761. The first-order valence-corrected chi connectivity index (χ1v) is 6.68. The molecule has 0 bridgehead atoms. The lowest BCUT2D eigenvalue weighted by atomic mass is 9.97. The van der Waals surface area contributed by atoms with Crippen molar-refractivity contribution in [3.8, 4) is 0 Å². The van der Waals surface area contributed by atoms with Gasteiger partial charge in [-0.2, -0.15) is 0 Å². The number of rotatable bonds is 5. The van der Waals surface area contributed by atoms with Crippen LogP contribution in [0.15, 0.2) is 18.2 Å². The van der Waals surface area contributed by atoms with E-state index < -0.39 is 11.7 Å². The van der Waals surface area contributed by atoms with Gasteiger partial charge in [-0.25, -0.2) is 4.39 Å². The van der Waals surface area contributed by atoms with Gasteiger partial charge in [0.1, 0.15) is 5.82 Å². The number of amides is 1. The van der Waals surface area contributed by atoms with E-state index in [2.05, 4.69) is 5.32 Å². The van der Waals surface area contributed by atoms with E-state index in [9.17, 15) is 9.18 Å². The number of halogens is 1. The summed E-state index contributed by atoms with van der Waals surface area (Å²) < 4.78 is 13.7. The average Bonchev–Trinajstić information content (AvgIpc) is 2.89. The Labute approximate surface area is 112 Å². The number of carbonyl (C=O) groups excluding carboxylic acids is 1. The van der Waals surface area contributed by atoms with Crippen molar-refractivity contribution in [1.29, 1.82) is 0 Å². The normalized spacial score (nSPS) is 17.4. The lowest BCUT2D eigenvalue weighted by Gasteiger charge is -2.25. The van der Waals surface area contributed by atoms with Crippen molar-refractivity contribution in [3.05, 3.63) is 29.6 Å². The highest BCUT2D eigenvalue weighted by Crippen LogP contribution is 2.30. The van der Waals surface area contributed by atoms with E-state index in [1.807, 2.05) is 0 Å². The van der Waals surface area contributed by atoms with E-state index in [1.54, 1.807) is 12.1 Å². The van der Waals surface area contributed by atoms with Crippen LogP contribution in [0.4, 0.5) is 10.1 Å². The zero-order chi connectivity index (χ0) is 13.8. The van der Waals surface area contributed by atoms with Crippen LogP contribution in [0.3, 0.4) is 0 Å². The van der Waals surface area contributed by atoms with Crippen molar-refractivity contribution < 1.29 is 9.18 Å². The van der Waals surface area contributed by atoms with Crippen LogP contribution in [-0.4, -0.2) is 18.5 Å². The molecule has 1 unspecified atom stereocenters. The maximum Gasteiger partial charge on any atom is 0.253 e. The molecule has 5 N–H and O–H groups in total. The quantitative estimate of drug-likeness (QED) is 0.760. The third-order valence-corrected chi connectivity index (χ3v) is 3.82. The first-order chi connectivity index (χ1) is 9.13. The first kappa shape index (κ1) is 13.8. The van der Waals surface area contributed by atoms with Gasteiger partial charge in [-0.15, -0.1) is 0 Å². The first-order valence-electron chi connectivity index (χ1n) is 6.68. The highest BCUT2D eigenvalue weighted by molar-refractivity contribution is 5.98. The van der Waals surface area contributed by atoms with Crippen molar-refractivity contribution >= 4 is 11.6 Å². The third-order valence-electron chi connectivity index (χ3n) is 3.82. The Bertz CT molecular complexity index is 458. The zero-order valence-corrected chi connectivity index (χ0v) is 10.9. The van der Waals surface area contributed by atoms with E-state index in [0.717, 1.165) is 12.8 Å². The van der Waals surface area contributed by atoms with Crippen LogP contribution in [0.1, 0.15) is 36.0 Å². The predicted octanol–water partition coefficient (Wildman–Crippen LogP) is 1.85. The van der Waals surface area contributed by atoms with Crippen molar-refractivity contribution in [2.45, 2.75) is 31.7 Å². The van der Waals surface area contributed by atoms with Gasteiger partial charge in [0.25, 0.3) is 5.91 Å². The molecule has 0 aliphatic heterocycles. The molecule has 19 heavy (non-hydrogen) atoms. The molecule has 1 aromatic carbocycles. The number of primary amides is 1. The topological polar surface area (TPSA) is 81.1 Å². The molecule has 0 radical (unpaired) electrons. The maximum atomic E-state index is 13.7. The minimum absolute atomic E-state index is 0.0578. The summed E-state index contributed by atoms with van der Waals surface area (Å²) in [6.07, 6.45) is 4.65. The summed E-state index contributed by atoms with van der Waals surface area (Å²) in [5.41, 5.74) is 11.4. The summed E-state index contributed by atoms with van der Waals surface area (Å²) in [6, 6.07) is 4.52. The van der Waals surface area contributed by atoms with Crippen LogP contribution in [-0.2, 0) is 0 Å². The Hall–Kier alpha value is -1.62. The number of nitrogens with two attached hydrogens (primary N) is 2. The summed E-state index contributed by atoms with van der Waals surface area (Å²) in [6.45, 7) is 0.458. The van der Waals surface area contributed by atoms with Gasteiger partial charge in [0, 0.05) is 12.6 Å². The molecule has 1 amide bonds. The van der Waals surface area contributed by atoms with Crippen LogP contribution in [0.5, 0.6) is 0 Å². The fourth-order valence-corrected chi connectivity index (χ4v) is 2.82. The van der Waals surface area contributed by atoms with Crippen LogP contribution in [0.2, 0.25) is 0 Å². The Kier molecular flexibility index (Phi) is 4.37. The van der Waals surface area contributed by atoms with E-state index in [4.69, 9.17) is 11.5 Å². The maximum absolute atomic E-state index is 13.7. The molecule has 0 aromatic heterocycles. The highest BCUT2D eigenvalue weighted by atomic mass is 19.1. The highest BCUT2D eigenvalue weighted by Gasteiger charge is 2.25. The lowest BCUT2D eigenvalue weighted by molar-refractivity contribution is 0.0997. The fourth-order valence-electron chi connectivity index (χ4n) is 2.82. The van der Waals surface area contributed by atoms with Crippen molar-refractivity contribution in [2.75, 3.05) is 11.9 Å². The van der Waals surface area contributed by atoms with Crippen molar-refractivity contribution in [3.63, 3.8) is 0 Å². The molecule has 5 heteroatoms. The SMILES string of the molecule is NCC(Nc1cccc(F)c1C(N)=O)C1CCCC1. The molecular weight excluding hydrogens is 245 g/mol. The summed E-state index contributed by atoms with van der Waals surface area (Å²) in [7, 11) is 0. The molecule has 4 nitrogen and oxygen atoms in total. The summed E-state index contributed by atoms with van der Waals surface area (Å²) >= 11 is 0. The number of carbonyl (C=O) groups is 1. The standard InChI is InChI=1S/C14H20FN3O/c15-10-6-3-7-11(13(10)14(17)19)18-12(8-16)9-4-1-2-5-9/h3,6-7,9,12,18H,1-2,4-5,8,16H2,(H2,17,19). The molecule has 104 valence electrons. The second-order valence-electron chi connectivity index (χ2n) is 5.06. The van der Waals surface area contributed by atoms with Gasteiger partial charge in [-0.3, -0.25) is 4.79 Å². The van der Waals surface area contributed by atoms with Crippen LogP contribution in [0.25, 0.3) is 0 Å². The number of nitrogens with one attached hydrogen (secondary N) is 1. The largest absolute Gasteiger partial charge is 0.380 e. The number of benzene rings is 1. The van der Waals surface area contributed by atoms with Gasteiger partial charge in [0.15, 0.2) is 0 Å². The molecule has 1 aromatic rings.